The largest absolute Gasteiger partial charge is 0.273 e. The summed E-state index contributed by atoms with van der Waals surface area (Å²) in [4.78, 5) is 21.9. The zero-order chi connectivity index (χ0) is 15.9. The highest BCUT2D eigenvalue weighted by molar-refractivity contribution is 6.30. The van der Waals surface area contributed by atoms with E-state index in [1.807, 2.05) is 0 Å². The molecule has 2 aromatic rings. The van der Waals surface area contributed by atoms with Crippen LogP contribution in [0, 0.1) is 10.1 Å². The van der Waals surface area contributed by atoms with Crippen molar-refractivity contribution < 1.29 is 9.72 Å². The highest BCUT2D eigenvalue weighted by Crippen LogP contribution is 2.11. The molecule has 1 amide bonds. The van der Waals surface area contributed by atoms with Crippen molar-refractivity contribution >= 4 is 29.4 Å². The highest BCUT2D eigenvalue weighted by atomic mass is 35.5. The normalized spacial score (nSPS) is 10.6. The number of nitrogens with one attached hydrogen (secondary N) is 1. The van der Waals surface area contributed by atoms with Crippen LogP contribution in [0.4, 0.5) is 5.69 Å². The second kappa shape index (κ2) is 7.33. The lowest BCUT2D eigenvalue weighted by Crippen LogP contribution is -2.19. The third kappa shape index (κ3) is 4.68. The van der Waals surface area contributed by atoms with E-state index in [9.17, 15) is 14.9 Å². The van der Waals surface area contributed by atoms with Crippen molar-refractivity contribution in [2.24, 2.45) is 5.10 Å². The lowest BCUT2D eigenvalue weighted by molar-refractivity contribution is -0.384. The van der Waals surface area contributed by atoms with Crippen LogP contribution in [-0.2, 0) is 11.2 Å². The first-order chi connectivity index (χ1) is 10.5. The molecule has 0 aliphatic rings. The molecule has 0 spiro atoms. The average molecular weight is 318 g/mol. The van der Waals surface area contributed by atoms with E-state index >= 15 is 0 Å². The first-order valence-electron chi connectivity index (χ1n) is 6.35. The minimum Gasteiger partial charge on any atom is -0.273 e. The van der Waals surface area contributed by atoms with Gasteiger partial charge in [-0.2, -0.15) is 5.10 Å². The van der Waals surface area contributed by atoms with Gasteiger partial charge in [-0.3, -0.25) is 14.9 Å². The molecule has 0 unspecified atom stereocenters. The van der Waals surface area contributed by atoms with E-state index in [1.54, 1.807) is 36.4 Å². The average Bonchev–Trinajstić information content (AvgIpc) is 2.50. The van der Waals surface area contributed by atoms with Gasteiger partial charge in [0.1, 0.15) is 0 Å². The van der Waals surface area contributed by atoms with Crippen LogP contribution in [0.1, 0.15) is 11.1 Å². The number of hydrogen-bond acceptors (Lipinski definition) is 4. The number of hydrogen-bond donors (Lipinski definition) is 1. The molecule has 22 heavy (non-hydrogen) atoms. The van der Waals surface area contributed by atoms with Gasteiger partial charge in [0.25, 0.3) is 5.69 Å². The highest BCUT2D eigenvalue weighted by Gasteiger charge is 2.04. The van der Waals surface area contributed by atoms with Crippen molar-refractivity contribution in [2.75, 3.05) is 0 Å². The van der Waals surface area contributed by atoms with Gasteiger partial charge in [0.2, 0.25) is 5.91 Å². The topological polar surface area (TPSA) is 84.6 Å². The molecule has 0 radical (unpaired) electrons. The lowest BCUT2D eigenvalue weighted by atomic mass is 10.1. The quantitative estimate of drug-likeness (QED) is 0.522. The summed E-state index contributed by atoms with van der Waals surface area (Å²) in [6.45, 7) is 0. The molecule has 0 aromatic heterocycles. The fourth-order valence-corrected chi connectivity index (χ4v) is 1.85. The molecule has 0 fully saturated rings. The van der Waals surface area contributed by atoms with E-state index in [-0.39, 0.29) is 18.0 Å². The Balaban J connectivity index is 1.91. The van der Waals surface area contributed by atoms with E-state index in [0.717, 1.165) is 5.56 Å². The van der Waals surface area contributed by atoms with E-state index in [0.29, 0.717) is 10.6 Å². The van der Waals surface area contributed by atoms with Gasteiger partial charge in [0, 0.05) is 22.7 Å². The van der Waals surface area contributed by atoms with Crippen molar-refractivity contribution in [2.45, 2.75) is 6.42 Å². The van der Waals surface area contributed by atoms with E-state index in [2.05, 4.69) is 10.5 Å². The van der Waals surface area contributed by atoms with Gasteiger partial charge in [0.05, 0.1) is 17.6 Å². The molecular weight excluding hydrogens is 306 g/mol. The Kier molecular flexibility index (Phi) is 5.21. The Morgan fingerprint density at radius 3 is 2.68 bits per heavy atom. The number of non-ortho nitro benzene ring substituents is 1. The number of carbonyl (C=O) groups excluding carboxylic acids is 1. The summed E-state index contributed by atoms with van der Waals surface area (Å²) in [5.41, 5.74) is 3.68. The summed E-state index contributed by atoms with van der Waals surface area (Å²) in [6.07, 6.45) is 1.52. The Morgan fingerprint density at radius 1 is 1.27 bits per heavy atom. The molecule has 0 saturated heterocycles. The van der Waals surface area contributed by atoms with Gasteiger partial charge in [-0.15, -0.1) is 0 Å². The standard InChI is InChI=1S/C15H12ClN3O3/c16-13-6-4-11(5-7-13)9-15(20)18-17-10-12-2-1-3-14(8-12)19(21)22/h1-8,10H,9H2,(H,18,20)/b17-10-. The SMILES string of the molecule is O=C(Cc1ccc(Cl)cc1)N/N=C\c1cccc([N+](=O)[O-])c1. The number of carbonyl (C=O) groups is 1. The first-order valence-corrected chi connectivity index (χ1v) is 6.73. The smallest absolute Gasteiger partial charge is 0.270 e. The predicted octanol–water partition coefficient (Wildman–Crippen LogP) is 2.94. The lowest BCUT2D eigenvalue weighted by Gasteiger charge is -2.00. The molecule has 0 aliphatic heterocycles. The van der Waals surface area contributed by atoms with Crippen LogP contribution in [0.3, 0.4) is 0 Å². The molecule has 7 heteroatoms. The van der Waals surface area contributed by atoms with Crippen LogP contribution < -0.4 is 5.43 Å². The predicted molar refractivity (Wildman–Crippen MR) is 84.0 cm³/mol. The number of amides is 1. The summed E-state index contributed by atoms with van der Waals surface area (Å²) in [5, 5.41) is 15.0. The third-order valence-corrected chi connectivity index (χ3v) is 3.01. The van der Waals surface area contributed by atoms with Gasteiger partial charge < -0.3 is 0 Å². The van der Waals surface area contributed by atoms with Crippen LogP contribution in [0.2, 0.25) is 5.02 Å². The third-order valence-electron chi connectivity index (χ3n) is 2.76. The fourth-order valence-electron chi connectivity index (χ4n) is 1.72. The van der Waals surface area contributed by atoms with Crippen molar-refractivity contribution in [3.63, 3.8) is 0 Å². The first kappa shape index (κ1) is 15.7. The number of rotatable bonds is 5. The molecule has 1 N–H and O–H groups in total. The van der Waals surface area contributed by atoms with Gasteiger partial charge in [0.15, 0.2) is 0 Å². The molecule has 0 heterocycles. The Morgan fingerprint density at radius 2 is 2.00 bits per heavy atom. The minimum atomic E-state index is -0.490. The van der Waals surface area contributed by atoms with Crippen molar-refractivity contribution in [3.8, 4) is 0 Å². The van der Waals surface area contributed by atoms with Crippen molar-refractivity contribution in [1.82, 2.24) is 5.43 Å². The monoisotopic (exact) mass is 317 g/mol. The number of hydrazone groups is 1. The van der Waals surface area contributed by atoms with Crippen molar-refractivity contribution in [1.29, 1.82) is 0 Å². The zero-order valence-electron chi connectivity index (χ0n) is 11.4. The fraction of sp³-hybridized carbons (Fsp3) is 0.0667. The Bertz CT molecular complexity index is 714. The van der Waals surface area contributed by atoms with Crippen LogP contribution in [0.25, 0.3) is 0 Å². The molecule has 2 rings (SSSR count). The molecule has 0 atom stereocenters. The van der Waals surface area contributed by atoms with Crippen LogP contribution in [0.5, 0.6) is 0 Å². The van der Waals surface area contributed by atoms with E-state index in [1.165, 1.54) is 18.3 Å². The van der Waals surface area contributed by atoms with E-state index < -0.39 is 4.92 Å². The van der Waals surface area contributed by atoms with Gasteiger partial charge in [-0.05, 0) is 17.7 Å². The maximum absolute atomic E-state index is 11.7. The summed E-state index contributed by atoms with van der Waals surface area (Å²) in [6, 6.07) is 12.9. The maximum atomic E-state index is 11.7. The summed E-state index contributed by atoms with van der Waals surface area (Å²) < 4.78 is 0. The van der Waals surface area contributed by atoms with Gasteiger partial charge in [-0.25, -0.2) is 5.43 Å². The number of nitro benzene ring substituents is 1. The Hall–Kier alpha value is -2.73. The molecule has 2 aromatic carbocycles. The maximum Gasteiger partial charge on any atom is 0.270 e. The van der Waals surface area contributed by atoms with Crippen LogP contribution in [0.15, 0.2) is 53.6 Å². The molecule has 0 saturated carbocycles. The number of nitrogens with zero attached hydrogens (tertiary/aromatic N) is 2. The molecule has 0 bridgehead atoms. The second-order valence-corrected chi connectivity index (χ2v) is 4.88. The molecular formula is C15H12ClN3O3. The molecule has 112 valence electrons. The number of nitro groups is 1. The van der Waals surface area contributed by atoms with Crippen LogP contribution >= 0.6 is 11.6 Å². The minimum absolute atomic E-state index is 0.0311. The van der Waals surface area contributed by atoms with Gasteiger partial charge in [-0.1, -0.05) is 35.9 Å². The van der Waals surface area contributed by atoms with Crippen LogP contribution in [-0.4, -0.2) is 17.0 Å². The zero-order valence-corrected chi connectivity index (χ0v) is 12.2. The Labute approximate surface area is 131 Å². The summed E-state index contributed by atoms with van der Waals surface area (Å²) in [5.74, 6) is -0.288. The molecule has 0 aliphatic carbocycles. The number of halogens is 1. The van der Waals surface area contributed by atoms with Crippen molar-refractivity contribution in [3.05, 3.63) is 74.8 Å². The summed E-state index contributed by atoms with van der Waals surface area (Å²) >= 11 is 5.76. The molecule has 6 nitrogen and oxygen atoms in total. The van der Waals surface area contributed by atoms with Gasteiger partial charge >= 0.3 is 0 Å². The second-order valence-electron chi connectivity index (χ2n) is 4.45. The number of benzene rings is 2. The summed E-state index contributed by atoms with van der Waals surface area (Å²) in [7, 11) is 0. The van der Waals surface area contributed by atoms with E-state index in [4.69, 9.17) is 11.6 Å².